The molecule has 1 saturated carbocycles. The number of carbonyl (C=O) groups is 2. The van der Waals surface area contributed by atoms with Gasteiger partial charge < -0.3 is 10.1 Å². The maximum atomic E-state index is 12.9. The minimum Gasteiger partial charge on any atom is -0.445 e. The van der Waals surface area contributed by atoms with Crippen LogP contribution in [-0.4, -0.2) is 27.3 Å². The van der Waals surface area contributed by atoms with E-state index in [-0.39, 0.29) is 11.8 Å². The first-order valence-electron chi connectivity index (χ1n) is 10.1. The zero-order chi connectivity index (χ0) is 22.7. The molecular formula is C23H21N5O3S. The number of hydrogen-bond acceptors (Lipinski definition) is 7. The maximum Gasteiger partial charge on any atom is 0.252 e. The summed E-state index contributed by atoms with van der Waals surface area (Å²) < 4.78 is 6.00. The highest BCUT2D eigenvalue weighted by molar-refractivity contribution is 7.17. The van der Waals surface area contributed by atoms with Gasteiger partial charge in [-0.05, 0) is 63.1 Å². The molecule has 162 valence electrons. The predicted octanol–water partition coefficient (Wildman–Crippen LogP) is 4.23. The van der Waals surface area contributed by atoms with Gasteiger partial charge in [-0.3, -0.25) is 19.9 Å². The van der Waals surface area contributed by atoms with E-state index >= 15 is 0 Å². The molecule has 4 rings (SSSR count). The maximum absolute atomic E-state index is 12.9. The van der Waals surface area contributed by atoms with Crippen molar-refractivity contribution in [3.8, 4) is 16.9 Å². The summed E-state index contributed by atoms with van der Waals surface area (Å²) in [5.41, 5.74) is 0.616. The van der Waals surface area contributed by atoms with Crippen molar-refractivity contribution in [2.75, 3.05) is 5.32 Å². The number of nitriles is 1. The van der Waals surface area contributed by atoms with Gasteiger partial charge in [-0.1, -0.05) is 11.3 Å². The van der Waals surface area contributed by atoms with E-state index in [0.717, 1.165) is 18.5 Å². The Labute approximate surface area is 189 Å². The van der Waals surface area contributed by atoms with Crippen molar-refractivity contribution in [3.05, 3.63) is 65.6 Å². The number of aromatic nitrogens is 2. The fourth-order valence-electron chi connectivity index (χ4n) is 2.93. The van der Waals surface area contributed by atoms with Crippen LogP contribution in [0.15, 0.2) is 48.8 Å². The van der Waals surface area contributed by atoms with Gasteiger partial charge in [-0.2, -0.15) is 5.26 Å². The number of nitrogens with zero attached hydrogens (tertiary/aromatic N) is 3. The van der Waals surface area contributed by atoms with Gasteiger partial charge in [0, 0.05) is 23.9 Å². The third-order valence-electron chi connectivity index (χ3n) is 4.94. The first-order chi connectivity index (χ1) is 15.4. The third-order valence-corrected chi connectivity index (χ3v) is 5.80. The Hall–Kier alpha value is -3.77. The van der Waals surface area contributed by atoms with Crippen LogP contribution in [0.2, 0.25) is 0 Å². The van der Waals surface area contributed by atoms with E-state index in [9.17, 15) is 9.59 Å². The average Bonchev–Trinajstić information content (AvgIpc) is 3.56. The van der Waals surface area contributed by atoms with Crippen molar-refractivity contribution < 1.29 is 14.3 Å². The Morgan fingerprint density at radius 2 is 1.84 bits per heavy atom. The van der Waals surface area contributed by atoms with E-state index in [1.807, 2.05) is 0 Å². The number of amides is 2. The molecule has 0 unspecified atom stereocenters. The second kappa shape index (κ2) is 8.77. The zero-order valence-electron chi connectivity index (χ0n) is 17.6. The summed E-state index contributed by atoms with van der Waals surface area (Å²) in [6.45, 7) is 3.26. The van der Waals surface area contributed by atoms with E-state index in [1.165, 1.54) is 23.7 Å². The molecule has 8 nitrogen and oxygen atoms in total. The average molecular weight is 448 g/mol. The SMILES string of the molecule is CC(C)(NC(=O)c1ccncc1)C(=O)Nc1nc(C2CC2)c(Oc2ccc(C#N)cc2)s1. The summed E-state index contributed by atoms with van der Waals surface area (Å²) in [5.74, 6) is 0.151. The van der Waals surface area contributed by atoms with Gasteiger partial charge in [-0.15, -0.1) is 0 Å². The van der Waals surface area contributed by atoms with Gasteiger partial charge in [0.2, 0.25) is 5.06 Å². The summed E-state index contributed by atoms with van der Waals surface area (Å²) in [4.78, 5) is 33.8. The molecule has 1 aromatic carbocycles. The van der Waals surface area contributed by atoms with E-state index in [1.54, 1.807) is 50.2 Å². The number of rotatable bonds is 7. The smallest absolute Gasteiger partial charge is 0.252 e. The van der Waals surface area contributed by atoms with Crippen LogP contribution in [0.1, 0.15) is 54.2 Å². The number of hydrogen-bond donors (Lipinski definition) is 2. The molecule has 3 aromatic rings. The molecule has 0 radical (unpaired) electrons. The number of pyridine rings is 1. The molecule has 2 amide bonds. The van der Waals surface area contributed by atoms with Crippen LogP contribution in [0.5, 0.6) is 10.8 Å². The van der Waals surface area contributed by atoms with E-state index in [0.29, 0.717) is 33.0 Å². The second-order valence-corrected chi connectivity index (χ2v) is 8.93. The van der Waals surface area contributed by atoms with Crippen molar-refractivity contribution in [1.82, 2.24) is 15.3 Å². The van der Waals surface area contributed by atoms with Crippen molar-refractivity contribution in [2.45, 2.75) is 38.1 Å². The molecule has 0 bridgehead atoms. The summed E-state index contributed by atoms with van der Waals surface area (Å²) in [5, 5.41) is 15.5. The Morgan fingerprint density at radius 1 is 1.16 bits per heavy atom. The van der Waals surface area contributed by atoms with Gasteiger partial charge in [0.25, 0.3) is 11.8 Å². The molecule has 32 heavy (non-hydrogen) atoms. The molecule has 0 spiro atoms. The summed E-state index contributed by atoms with van der Waals surface area (Å²) in [6, 6.07) is 12.1. The third kappa shape index (κ3) is 4.92. The largest absolute Gasteiger partial charge is 0.445 e. The minimum atomic E-state index is -1.17. The van der Waals surface area contributed by atoms with Crippen LogP contribution < -0.4 is 15.4 Å². The lowest BCUT2D eigenvalue weighted by molar-refractivity contribution is -0.120. The standard InChI is InChI=1S/C23H21N5O3S/c1-23(2,28-19(29)16-9-11-25-12-10-16)21(30)27-22-26-18(15-5-6-15)20(32-22)31-17-7-3-14(13-24)4-8-17/h3-4,7-12,15H,5-6H2,1-2H3,(H,28,29)(H,26,27,30). The normalized spacial score (nSPS) is 13.2. The molecule has 1 aliphatic rings. The summed E-state index contributed by atoms with van der Waals surface area (Å²) >= 11 is 1.24. The number of anilines is 1. The van der Waals surface area contributed by atoms with E-state index in [4.69, 9.17) is 10.00 Å². The Balaban J connectivity index is 1.47. The Morgan fingerprint density at radius 3 is 2.47 bits per heavy atom. The number of nitrogens with one attached hydrogen (secondary N) is 2. The fourth-order valence-corrected chi connectivity index (χ4v) is 3.85. The van der Waals surface area contributed by atoms with Crippen molar-refractivity contribution in [2.24, 2.45) is 0 Å². The van der Waals surface area contributed by atoms with Crippen LogP contribution in [0.25, 0.3) is 0 Å². The van der Waals surface area contributed by atoms with E-state index in [2.05, 4.69) is 26.7 Å². The summed E-state index contributed by atoms with van der Waals surface area (Å²) in [6.07, 6.45) is 5.08. The summed E-state index contributed by atoms with van der Waals surface area (Å²) in [7, 11) is 0. The molecule has 1 aliphatic carbocycles. The molecule has 1 fully saturated rings. The van der Waals surface area contributed by atoms with Crippen LogP contribution in [0, 0.1) is 11.3 Å². The topological polar surface area (TPSA) is 117 Å². The lowest BCUT2D eigenvalue weighted by Crippen LogP contribution is -2.52. The van der Waals surface area contributed by atoms with Gasteiger partial charge >= 0.3 is 0 Å². The first kappa shape index (κ1) is 21.5. The monoisotopic (exact) mass is 447 g/mol. The quantitative estimate of drug-likeness (QED) is 0.560. The Kier molecular flexibility index (Phi) is 5.88. The van der Waals surface area contributed by atoms with Gasteiger partial charge in [0.15, 0.2) is 5.13 Å². The van der Waals surface area contributed by atoms with E-state index < -0.39 is 5.54 Å². The van der Waals surface area contributed by atoms with Gasteiger partial charge in [-0.25, -0.2) is 4.98 Å². The predicted molar refractivity (Wildman–Crippen MR) is 120 cm³/mol. The highest BCUT2D eigenvalue weighted by Gasteiger charge is 2.34. The highest BCUT2D eigenvalue weighted by Crippen LogP contribution is 2.48. The second-order valence-electron chi connectivity index (χ2n) is 7.97. The van der Waals surface area contributed by atoms with Gasteiger partial charge in [0.1, 0.15) is 17.0 Å². The zero-order valence-corrected chi connectivity index (χ0v) is 18.4. The Bertz CT molecular complexity index is 1180. The number of benzene rings is 1. The van der Waals surface area contributed by atoms with Crippen LogP contribution >= 0.6 is 11.3 Å². The lowest BCUT2D eigenvalue weighted by atomic mass is 10.0. The molecule has 2 N–H and O–H groups in total. The molecule has 0 aliphatic heterocycles. The van der Waals surface area contributed by atoms with Crippen molar-refractivity contribution in [1.29, 1.82) is 5.26 Å². The fraction of sp³-hybridized carbons (Fsp3) is 0.261. The molecular weight excluding hydrogens is 426 g/mol. The molecule has 2 aromatic heterocycles. The highest BCUT2D eigenvalue weighted by atomic mass is 32.1. The lowest BCUT2D eigenvalue weighted by Gasteiger charge is -2.24. The van der Waals surface area contributed by atoms with Crippen molar-refractivity contribution in [3.63, 3.8) is 0 Å². The van der Waals surface area contributed by atoms with Crippen molar-refractivity contribution >= 4 is 28.3 Å². The number of carbonyl (C=O) groups excluding carboxylic acids is 2. The molecule has 0 atom stereocenters. The van der Waals surface area contributed by atoms with Crippen LogP contribution in [-0.2, 0) is 4.79 Å². The molecule has 0 saturated heterocycles. The number of ether oxygens (including phenoxy) is 1. The number of thiazole rings is 1. The van der Waals surface area contributed by atoms with Crippen LogP contribution in [0.3, 0.4) is 0 Å². The van der Waals surface area contributed by atoms with Crippen LogP contribution in [0.4, 0.5) is 5.13 Å². The first-order valence-corrected chi connectivity index (χ1v) is 10.9. The van der Waals surface area contributed by atoms with Gasteiger partial charge in [0.05, 0.1) is 11.6 Å². The molecule has 2 heterocycles. The minimum absolute atomic E-state index is 0.310. The molecule has 9 heteroatoms.